The van der Waals surface area contributed by atoms with Crippen LogP contribution < -0.4 is 61.6 Å². The molecule has 1 aliphatic rings. The number of hydrogen-bond acceptors (Lipinski definition) is 1. The van der Waals surface area contributed by atoms with Crippen LogP contribution in [0.25, 0.3) is 0 Å². The maximum absolute atomic E-state index is 12.6. The first-order valence-electron chi connectivity index (χ1n) is 6.40. The summed E-state index contributed by atoms with van der Waals surface area (Å²) < 4.78 is 43.3. The summed E-state index contributed by atoms with van der Waals surface area (Å²) in [6.07, 6.45) is 4.82. The molecule has 19 heavy (non-hydrogen) atoms. The van der Waals surface area contributed by atoms with Crippen molar-refractivity contribution in [3.05, 3.63) is 23.8 Å². The quantitative estimate of drug-likeness (QED) is 0.740. The van der Waals surface area contributed by atoms with Crippen molar-refractivity contribution >= 4 is 12.4 Å². The van der Waals surface area contributed by atoms with Crippen LogP contribution in [0.5, 0.6) is 5.75 Å². The van der Waals surface area contributed by atoms with Crippen LogP contribution in [-0.2, 0) is 0 Å². The van der Waals surface area contributed by atoms with Gasteiger partial charge in [-0.25, -0.2) is 0 Å². The van der Waals surface area contributed by atoms with E-state index in [2.05, 4.69) is 0 Å². The van der Waals surface area contributed by atoms with Gasteiger partial charge in [0.1, 0.15) is 5.75 Å². The summed E-state index contributed by atoms with van der Waals surface area (Å²) in [4.78, 5) is 0. The van der Waals surface area contributed by atoms with Gasteiger partial charge >= 0.3 is 58.4 Å². The molecule has 0 saturated heterocycles. The monoisotopic (exact) mass is 296 g/mol. The molecule has 1 aromatic rings. The molecule has 1 fully saturated rings. The van der Waals surface area contributed by atoms with Crippen LogP contribution in [0, 0.1) is 12.8 Å². The summed E-state index contributed by atoms with van der Waals surface area (Å²) in [5, 5.41) is 0. The minimum Gasteiger partial charge on any atom is -0.493 e. The van der Waals surface area contributed by atoms with E-state index in [1.807, 2.05) is 0 Å². The van der Waals surface area contributed by atoms with E-state index in [0.29, 0.717) is 23.8 Å². The Morgan fingerprint density at radius 1 is 1.21 bits per heavy atom. The summed E-state index contributed by atoms with van der Waals surface area (Å²) in [6.45, 7) is -2.63. The standard InChI is InChI=1S/C13H17BF3O.K/c1-10-8-12(14(15,16)17)6-7-13(10)18-9-11-4-2-3-5-11;/h6-8,11H,2-5,9H2,1H3;/q-1;+1. The molecule has 100 valence electrons. The molecule has 1 nitrogen and oxygen atoms in total. The van der Waals surface area contributed by atoms with E-state index in [1.54, 1.807) is 6.92 Å². The van der Waals surface area contributed by atoms with E-state index in [0.717, 1.165) is 6.07 Å². The Labute approximate surface area is 154 Å². The zero-order chi connectivity index (χ0) is 13.2. The molecule has 1 aromatic carbocycles. The first kappa shape index (κ1) is 17.6. The van der Waals surface area contributed by atoms with Gasteiger partial charge in [-0.05, 0) is 37.3 Å². The fraction of sp³-hybridized carbons (Fsp3) is 0.538. The molecule has 0 aliphatic heterocycles. The molecule has 0 bridgehead atoms. The summed E-state index contributed by atoms with van der Waals surface area (Å²) >= 11 is 0. The first-order valence-corrected chi connectivity index (χ1v) is 6.40. The number of halogens is 3. The number of rotatable bonds is 4. The van der Waals surface area contributed by atoms with Crippen LogP contribution in [0.4, 0.5) is 12.9 Å². The predicted octanol–water partition coefficient (Wildman–Crippen LogP) is 0.622. The molecule has 0 unspecified atom stereocenters. The Morgan fingerprint density at radius 3 is 2.37 bits per heavy atom. The molecule has 0 heterocycles. The minimum absolute atomic E-state index is 0. The summed E-state index contributed by atoms with van der Waals surface area (Å²) in [7, 11) is 0. The minimum atomic E-state index is -4.92. The molecular formula is C13H17BF3KO. The van der Waals surface area contributed by atoms with E-state index in [4.69, 9.17) is 4.74 Å². The number of aryl methyl sites for hydroxylation is 1. The molecule has 0 radical (unpaired) electrons. The van der Waals surface area contributed by atoms with Crippen LogP contribution in [0.1, 0.15) is 31.2 Å². The third-order valence-corrected chi connectivity index (χ3v) is 3.53. The second-order valence-electron chi connectivity index (χ2n) is 5.06. The summed E-state index contributed by atoms with van der Waals surface area (Å²) in [6, 6.07) is 3.72. The molecular weight excluding hydrogens is 279 g/mol. The van der Waals surface area contributed by atoms with Crippen LogP contribution >= 0.6 is 0 Å². The summed E-state index contributed by atoms with van der Waals surface area (Å²) in [5.41, 5.74) is 0.00501. The molecule has 0 aromatic heterocycles. The third-order valence-electron chi connectivity index (χ3n) is 3.53. The first-order chi connectivity index (χ1) is 8.47. The zero-order valence-corrected chi connectivity index (χ0v) is 14.6. The predicted molar refractivity (Wildman–Crippen MR) is 67.3 cm³/mol. The van der Waals surface area contributed by atoms with Crippen molar-refractivity contribution in [1.82, 2.24) is 0 Å². The van der Waals surface area contributed by atoms with Crippen molar-refractivity contribution in [3.63, 3.8) is 0 Å². The maximum atomic E-state index is 12.6. The Kier molecular flexibility index (Phi) is 6.93. The fourth-order valence-electron chi connectivity index (χ4n) is 2.42. The van der Waals surface area contributed by atoms with Gasteiger partial charge in [0.25, 0.3) is 0 Å². The zero-order valence-electron chi connectivity index (χ0n) is 11.5. The van der Waals surface area contributed by atoms with Crippen molar-refractivity contribution in [2.24, 2.45) is 5.92 Å². The maximum Gasteiger partial charge on any atom is 1.00 e. The van der Waals surface area contributed by atoms with Crippen LogP contribution in [-0.4, -0.2) is 13.6 Å². The van der Waals surface area contributed by atoms with Crippen LogP contribution in [0.15, 0.2) is 18.2 Å². The molecule has 1 aliphatic carbocycles. The molecule has 6 heteroatoms. The Morgan fingerprint density at radius 2 is 1.84 bits per heavy atom. The smallest absolute Gasteiger partial charge is 0.493 e. The fourth-order valence-corrected chi connectivity index (χ4v) is 2.42. The van der Waals surface area contributed by atoms with Gasteiger partial charge in [0.2, 0.25) is 0 Å². The van der Waals surface area contributed by atoms with E-state index < -0.39 is 12.4 Å². The van der Waals surface area contributed by atoms with Gasteiger partial charge in [-0.15, -0.1) is 5.46 Å². The Bertz CT molecular complexity index is 417. The average Bonchev–Trinajstić information content (AvgIpc) is 2.79. The van der Waals surface area contributed by atoms with Gasteiger partial charge in [0.15, 0.2) is 0 Å². The van der Waals surface area contributed by atoms with Gasteiger partial charge in [-0.2, -0.15) is 0 Å². The number of benzene rings is 1. The van der Waals surface area contributed by atoms with Gasteiger partial charge in [0, 0.05) is 0 Å². The van der Waals surface area contributed by atoms with Crippen molar-refractivity contribution in [2.45, 2.75) is 32.6 Å². The summed E-state index contributed by atoms with van der Waals surface area (Å²) in [5.74, 6) is 1.14. The normalized spacial score (nSPS) is 16.2. The van der Waals surface area contributed by atoms with Crippen molar-refractivity contribution in [3.8, 4) is 5.75 Å². The van der Waals surface area contributed by atoms with Crippen molar-refractivity contribution < 1.29 is 69.1 Å². The van der Waals surface area contributed by atoms with Crippen LogP contribution in [0.3, 0.4) is 0 Å². The largest absolute Gasteiger partial charge is 1.00 e. The van der Waals surface area contributed by atoms with E-state index in [9.17, 15) is 12.9 Å². The SMILES string of the molecule is Cc1cc([B-](F)(F)F)ccc1OCC1CCCC1.[K+]. The van der Waals surface area contributed by atoms with E-state index in [1.165, 1.54) is 37.8 Å². The molecule has 0 atom stereocenters. The number of ether oxygens (including phenoxy) is 1. The van der Waals surface area contributed by atoms with E-state index in [-0.39, 0.29) is 51.4 Å². The van der Waals surface area contributed by atoms with E-state index >= 15 is 0 Å². The number of hydrogen-bond donors (Lipinski definition) is 0. The van der Waals surface area contributed by atoms with Crippen LogP contribution in [0.2, 0.25) is 0 Å². The third kappa shape index (κ3) is 5.08. The van der Waals surface area contributed by atoms with Crippen molar-refractivity contribution in [1.29, 1.82) is 0 Å². The van der Waals surface area contributed by atoms with Gasteiger partial charge in [-0.1, -0.05) is 25.0 Å². The average molecular weight is 296 g/mol. The van der Waals surface area contributed by atoms with Gasteiger partial charge in [-0.3, -0.25) is 0 Å². The molecule has 0 spiro atoms. The Hall–Kier alpha value is 0.511. The molecule has 2 rings (SSSR count). The van der Waals surface area contributed by atoms with Gasteiger partial charge in [0.05, 0.1) is 6.61 Å². The topological polar surface area (TPSA) is 9.23 Å². The van der Waals surface area contributed by atoms with Gasteiger partial charge < -0.3 is 17.7 Å². The van der Waals surface area contributed by atoms with Crippen molar-refractivity contribution in [2.75, 3.05) is 6.61 Å². The Balaban J connectivity index is 0.00000180. The molecule has 1 saturated carbocycles. The second kappa shape index (κ2) is 7.50. The second-order valence-corrected chi connectivity index (χ2v) is 5.06. The molecule has 0 amide bonds. The molecule has 0 N–H and O–H groups in total.